The molecule has 1 aliphatic rings. The van der Waals surface area contributed by atoms with Crippen molar-refractivity contribution in [3.63, 3.8) is 0 Å². The number of ether oxygens (including phenoxy) is 1. The van der Waals surface area contributed by atoms with Gasteiger partial charge in [-0.05, 0) is 30.3 Å². The fraction of sp³-hybridized carbons (Fsp3) is 0.250. The summed E-state index contributed by atoms with van der Waals surface area (Å²) in [5.41, 5.74) is 6.03. The van der Waals surface area contributed by atoms with Crippen LogP contribution >= 0.6 is 11.6 Å². The molecule has 3 heterocycles. The van der Waals surface area contributed by atoms with Gasteiger partial charge in [0.15, 0.2) is 0 Å². The van der Waals surface area contributed by atoms with Crippen molar-refractivity contribution in [2.24, 2.45) is 0 Å². The number of benzene rings is 1. The van der Waals surface area contributed by atoms with Crippen LogP contribution < -0.4 is 20.3 Å². The Balaban J connectivity index is 1.53. The van der Waals surface area contributed by atoms with Crippen molar-refractivity contribution in [1.82, 2.24) is 15.0 Å². The van der Waals surface area contributed by atoms with E-state index in [0.717, 1.165) is 18.9 Å². The molecule has 0 bridgehead atoms. The minimum Gasteiger partial charge on any atom is -0.495 e. The number of halogens is 1. The number of hydrogen-bond donors (Lipinski definition) is 1. The van der Waals surface area contributed by atoms with Gasteiger partial charge in [-0.15, -0.1) is 0 Å². The highest BCUT2D eigenvalue weighted by molar-refractivity contribution is 7.91. The number of methoxy groups -OCH3 is 1. The summed E-state index contributed by atoms with van der Waals surface area (Å²) in [4.78, 5) is 16.9. The molecule has 0 amide bonds. The Kier molecular flexibility index (Phi) is 5.84. The third-order valence-electron chi connectivity index (χ3n) is 5.03. The second kappa shape index (κ2) is 8.56. The summed E-state index contributed by atoms with van der Waals surface area (Å²) in [6, 6.07) is 10.0. The van der Waals surface area contributed by atoms with Crippen LogP contribution in [0.2, 0.25) is 5.02 Å². The molecule has 1 saturated heterocycles. The maximum absolute atomic E-state index is 13.0. The molecule has 0 radical (unpaired) electrons. The number of nitrogen functional groups attached to an aromatic ring is 1. The van der Waals surface area contributed by atoms with Crippen LogP contribution in [-0.4, -0.2) is 56.7 Å². The summed E-state index contributed by atoms with van der Waals surface area (Å²) in [5.74, 6) is 1.58. The van der Waals surface area contributed by atoms with Gasteiger partial charge in [0.1, 0.15) is 22.3 Å². The van der Waals surface area contributed by atoms with Gasteiger partial charge in [-0.2, -0.15) is 4.98 Å². The maximum atomic E-state index is 13.0. The summed E-state index contributed by atoms with van der Waals surface area (Å²) in [5, 5.41) is 0.186. The van der Waals surface area contributed by atoms with Crippen molar-refractivity contribution in [3.8, 4) is 5.75 Å². The Morgan fingerprint density at radius 1 is 1.06 bits per heavy atom. The largest absolute Gasteiger partial charge is 0.495 e. The zero-order valence-corrected chi connectivity index (χ0v) is 18.3. The molecule has 2 aromatic heterocycles. The molecule has 1 aromatic carbocycles. The van der Waals surface area contributed by atoms with Crippen molar-refractivity contribution in [2.45, 2.75) is 9.79 Å². The summed E-state index contributed by atoms with van der Waals surface area (Å²) in [6.07, 6.45) is 3.01. The molecule has 9 nitrogen and oxygen atoms in total. The van der Waals surface area contributed by atoms with Gasteiger partial charge in [-0.1, -0.05) is 17.7 Å². The Hall–Kier alpha value is -3.11. The van der Waals surface area contributed by atoms with E-state index in [4.69, 9.17) is 22.1 Å². The number of rotatable bonds is 5. The van der Waals surface area contributed by atoms with Gasteiger partial charge in [0.05, 0.1) is 23.2 Å². The van der Waals surface area contributed by atoms with Crippen LogP contribution in [0.1, 0.15) is 0 Å². The first-order valence-corrected chi connectivity index (χ1v) is 11.4. The van der Waals surface area contributed by atoms with Crippen molar-refractivity contribution in [1.29, 1.82) is 0 Å². The van der Waals surface area contributed by atoms with Crippen LogP contribution in [0.4, 0.5) is 17.6 Å². The number of piperazine rings is 1. The predicted molar refractivity (Wildman–Crippen MR) is 119 cm³/mol. The van der Waals surface area contributed by atoms with Gasteiger partial charge in [-0.3, -0.25) is 0 Å². The Labute approximate surface area is 185 Å². The zero-order valence-electron chi connectivity index (χ0n) is 16.8. The van der Waals surface area contributed by atoms with Crippen LogP contribution in [0.3, 0.4) is 0 Å². The number of aromatic nitrogens is 3. The molecule has 0 spiro atoms. The SMILES string of the molecule is COc1ccc(S(=O)(=O)c2cnc(N3CCN(c4ccccn4)CC3)nc2N)cc1Cl. The molecule has 1 fully saturated rings. The van der Waals surface area contributed by atoms with Crippen LogP contribution in [0.15, 0.2) is 58.6 Å². The molecule has 0 unspecified atom stereocenters. The molecule has 0 aliphatic carbocycles. The normalized spacial score (nSPS) is 14.5. The lowest BCUT2D eigenvalue weighted by atomic mass is 10.3. The average Bonchev–Trinajstić information content (AvgIpc) is 2.79. The molecule has 2 N–H and O–H groups in total. The summed E-state index contributed by atoms with van der Waals surface area (Å²) in [7, 11) is -2.48. The topological polar surface area (TPSA) is 115 Å². The molecule has 11 heteroatoms. The van der Waals surface area contributed by atoms with E-state index in [0.29, 0.717) is 24.8 Å². The van der Waals surface area contributed by atoms with Crippen molar-refractivity contribution in [2.75, 3.05) is 48.8 Å². The minimum atomic E-state index is -3.93. The van der Waals surface area contributed by atoms with Crippen LogP contribution in [0, 0.1) is 0 Å². The molecule has 3 aromatic rings. The molecular formula is C20H21ClN6O3S. The number of pyridine rings is 1. The molecular weight excluding hydrogens is 440 g/mol. The van der Waals surface area contributed by atoms with E-state index < -0.39 is 9.84 Å². The fourth-order valence-electron chi connectivity index (χ4n) is 3.35. The van der Waals surface area contributed by atoms with E-state index in [2.05, 4.69) is 19.9 Å². The average molecular weight is 461 g/mol. The van der Waals surface area contributed by atoms with Crippen molar-refractivity contribution >= 4 is 39.0 Å². The van der Waals surface area contributed by atoms with Gasteiger partial charge in [0.2, 0.25) is 15.8 Å². The van der Waals surface area contributed by atoms with E-state index in [9.17, 15) is 8.42 Å². The number of hydrogen-bond acceptors (Lipinski definition) is 9. The highest BCUT2D eigenvalue weighted by atomic mass is 35.5. The summed E-state index contributed by atoms with van der Waals surface area (Å²) < 4.78 is 31.1. The summed E-state index contributed by atoms with van der Waals surface area (Å²) in [6.45, 7) is 2.81. The van der Waals surface area contributed by atoms with Gasteiger partial charge in [0.25, 0.3) is 0 Å². The lowest BCUT2D eigenvalue weighted by molar-refractivity contribution is 0.414. The second-order valence-electron chi connectivity index (χ2n) is 6.88. The lowest BCUT2D eigenvalue weighted by Crippen LogP contribution is -2.47. The van der Waals surface area contributed by atoms with E-state index in [1.807, 2.05) is 23.1 Å². The molecule has 162 valence electrons. The van der Waals surface area contributed by atoms with Gasteiger partial charge in [0, 0.05) is 32.4 Å². The molecule has 0 saturated carbocycles. The standard InChI is InChI=1S/C20H21ClN6O3S/c1-30-16-6-5-14(12-15(16)21)31(28,29)17-13-24-20(25-19(17)22)27-10-8-26(9-11-27)18-4-2-3-7-23-18/h2-7,12-13H,8-11H2,1H3,(H2,22,24,25). The van der Waals surface area contributed by atoms with Crippen LogP contribution in [0.25, 0.3) is 0 Å². The number of sulfone groups is 1. The van der Waals surface area contributed by atoms with E-state index in [1.165, 1.54) is 31.5 Å². The second-order valence-corrected chi connectivity index (χ2v) is 9.21. The number of anilines is 3. The van der Waals surface area contributed by atoms with E-state index in [1.54, 1.807) is 6.20 Å². The molecule has 1 aliphatic heterocycles. The monoisotopic (exact) mass is 460 g/mol. The highest BCUT2D eigenvalue weighted by Crippen LogP contribution is 2.31. The maximum Gasteiger partial charge on any atom is 0.227 e. The molecule has 0 atom stereocenters. The van der Waals surface area contributed by atoms with Crippen molar-refractivity contribution in [3.05, 3.63) is 53.8 Å². The Morgan fingerprint density at radius 2 is 1.81 bits per heavy atom. The quantitative estimate of drug-likeness (QED) is 0.612. The number of nitrogens with zero attached hydrogens (tertiary/aromatic N) is 5. The first-order valence-electron chi connectivity index (χ1n) is 9.52. The van der Waals surface area contributed by atoms with Gasteiger partial charge < -0.3 is 20.3 Å². The lowest BCUT2D eigenvalue weighted by Gasteiger charge is -2.35. The smallest absolute Gasteiger partial charge is 0.227 e. The summed E-state index contributed by atoms with van der Waals surface area (Å²) >= 11 is 6.08. The van der Waals surface area contributed by atoms with Gasteiger partial charge in [-0.25, -0.2) is 18.4 Å². The Morgan fingerprint density at radius 3 is 2.42 bits per heavy atom. The minimum absolute atomic E-state index is 0.00896. The van der Waals surface area contributed by atoms with Gasteiger partial charge >= 0.3 is 0 Å². The first kappa shape index (κ1) is 21.1. The predicted octanol–water partition coefficient (Wildman–Crippen LogP) is 2.28. The third-order valence-corrected chi connectivity index (χ3v) is 7.09. The first-order chi connectivity index (χ1) is 14.9. The van der Waals surface area contributed by atoms with E-state index in [-0.39, 0.29) is 20.6 Å². The van der Waals surface area contributed by atoms with E-state index >= 15 is 0 Å². The van der Waals surface area contributed by atoms with Crippen molar-refractivity contribution < 1.29 is 13.2 Å². The highest BCUT2D eigenvalue weighted by Gasteiger charge is 2.26. The fourth-order valence-corrected chi connectivity index (χ4v) is 4.96. The zero-order chi connectivity index (χ0) is 22.0. The number of nitrogens with two attached hydrogens (primary N) is 1. The van der Waals surface area contributed by atoms with Crippen LogP contribution in [-0.2, 0) is 9.84 Å². The molecule has 31 heavy (non-hydrogen) atoms. The third kappa shape index (κ3) is 4.21. The van der Waals surface area contributed by atoms with Crippen LogP contribution in [0.5, 0.6) is 5.75 Å². The molecule has 4 rings (SSSR count). The Bertz CT molecular complexity index is 1180.